The van der Waals surface area contributed by atoms with E-state index >= 15 is 0 Å². The normalized spacial score (nSPS) is 14.9. The largest absolute Gasteiger partial charge is 0.479 e. The molecule has 0 heterocycles. The van der Waals surface area contributed by atoms with Crippen LogP contribution in [0.15, 0.2) is 29.2 Å². The SMILES string of the molecule is CC(O)(CNCc1ccc(S(C)(=O)=O)cc1)C(=O)O. The van der Waals surface area contributed by atoms with Gasteiger partial charge in [0.15, 0.2) is 15.4 Å². The lowest BCUT2D eigenvalue weighted by molar-refractivity contribution is -0.156. The second-order valence-corrected chi connectivity index (χ2v) is 6.61. The lowest BCUT2D eigenvalue weighted by Crippen LogP contribution is -2.44. The van der Waals surface area contributed by atoms with Crippen LogP contribution < -0.4 is 5.32 Å². The van der Waals surface area contributed by atoms with Gasteiger partial charge in [-0.25, -0.2) is 13.2 Å². The van der Waals surface area contributed by atoms with Gasteiger partial charge in [-0.15, -0.1) is 0 Å². The molecule has 0 fully saturated rings. The number of carbonyl (C=O) groups is 1. The van der Waals surface area contributed by atoms with Gasteiger partial charge < -0.3 is 15.5 Å². The van der Waals surface area contributed by atoms with E-state index in [1.54, 1.807) is 12.1 Å². The van der Waals surface area contributed by atoms with E-state index < -0.39 is 21.4 Å². The molecule has 7 heteroatoms. The molecule has 0 spiro atoms. The topological polar surface area (TPSA) is 104 Å². The van der Waals surface area contributed by atoms with Gasteiger partial charge in [0.05, 0.1) is 4.90 Å². The summed E-state index contributed by atoms with van der Waals surface area (Å²) >= 11 is 0. The maximum absolute atomic E-state index is 11.3. The summed E-state index contributed by atoms with van der Waals surface area (Å²) in [5.74, 6) is -1.30. The van der Waals surface area contributed by atoms with E-state index in [4.69, 9.17) is 5.11 Å². The highest BCUT2D eigenvalue weighted by atomic mass is 32.2. The standard InChI is InChI=1S/C12H17NO5S/c1-12(16,11(14)15)8-13-7-9-3-5-10(6-4-9)19(2,17)18/h3-6,13,16H,7-8H2,1-2H3,(H,14,15). The maximum atomic E-state index is 11.3. The Hall–Kier alpha value is -1.44. The first-order chi connectivity index (χ1) is 8.63. The van der Waals surface area contributed by atoms with Crippen LogP contribution in [0.5, 0.6) is 0 Å². The molecule has 1 rings (SSSR count). The summed E-state index contributed by atoms with van der Waals surface area (Å²) in [6.45, 7) is 1.44. The van der Waals surface area contributed by atoms with Crippen molar-refractivity contribution < 1.29 is 23.4 Å². The predicted octanol–water partition coefficient (Wildman–Crippen LogP) is 0.0153. The third-order valence-electron chi connectivity index (χ3n) is 2.61. The number of aliphatic hydroxyl groups is 1. The van der Waals surface area contributed by atoms with Crippen molar-refractivity contribution in [2.24, 2.45) is 0 Å². The number of benzene rings is 1. The Balaban J connectivity index is 2.59. The van der Waals surface area contributed by atoms with Crippen LogP contribution in [-0.2, 0) is 21.2 Å². The molecular weight excluding hydrogens is 270 g/mol. The average Bonchev–Trinajstić information content (AvgIpc) is 2.28. The third-order valence-corrected chi connectivity index (χ3v) is 3.74. The van der Waals surface area contributed by atoms with Crippen LogP contribution in [-0.4, -0.2) is 43.0 Å². The lowest BCUT2D eigenvalue weighted by atomic mass is 10.1. The fourth-order valence-electron chi connectivity index (χ4n) is 1.38. The molecule has 0 amide bonds. The molecule has 1 aromatic carbocycles. The van der Waals surface area contributed by atoms with Gasteiger partial charge in [0.25, 0.3) is 0 Å². The van der Waals surface area contributed by atoms with Crippen molar-refractivity contribution in [1.82, 2.24) is 5.32 Å². The number of aliphatic carboxylic acids is 1. The van der Waals surface area contributed by atoms with Crippen molar-refractivity contribution in [3.05, 3.63) is 29.8 Å². The summed E-state index contributed by atoms with van der Waals surface area (Å²) in [6.07, 6.45) is 1.13. The molecule has 19 heavy (non-hydrogen) atoms. The summed E-state index contributed by atoms with van der Waals surface area (Å²) in [5, 5.41) is 21.0. The second kappa shape index (κ2) is 5.68. The molecule has 0 saturated carbocycles. The predicted molar refractivity (Wildman–Crippen MR) is 69.5 cm³/mol. The Bertz CT molecular complexity index is 548. The van der Waals surface area contributed by atoms with Crippen molar-refractivity contribution in [3.63, 3.8) is 0 Å². The van der Waals surface area contributed by atoms with Crippen molar-refractivity contribution >= 4 is 15.8 Å². The van der Waals surface area contributed by atoms with Crippen LogP contribution in [0.2, 0.25) is 0 Å². The number of carboxylic acids is 1. The second-order valence-electron chi connectivity index (χ2n) is 4.60. The number of nitrogens with one attached hydrogen (secondary N) is 1. The zero-order valence-electron chi connectivity index (χ0n) is 10.8. The molecule has 0 saturated heterocycles. The van der Waals surface area contributed by atoms with Gasteiger partial charge in [-0.2, -0.15) is 0 Å². The van der Waals surface area contributed by atoms with Gasteiger partial charge in [0.2, 0.25) is 0 Å². The van der Waals surface area contributed by atoms with Gasteiger partial charge >= 0.3 is 5.97 Å². The highest BCUT2D eigenvalue weighted by molar-refractivity contribution is 7.90. The molecule has 6 nitrogen and oxygen atoms in total. The molecule has 3 N–H and O–H groups in total. The Morgan fingerprint density at radius 1 is 1.32 bits per heavy atom. The van der Waals surface area contributed by atoms with Crippen LogP contribution in [0.3, 0.4) is 0 Å². The van der Waals surface area contributed by atoms with Crippen molar-refractivity contribution in [1.29, 1.82) is 0 Å². The van der Waals surface area contributed by atoms with Gasteiger partial charge in [0, 0.05) is 19.3 Å². The summed E-state index contributed by atoms with van der Waals surface area (Å²) in [5.41, 5.74) is -1.03. The molecular formula is C12H17NO5S. The van der Waals surface area contributed by atoms with Crippen LogP contribution in [0.25, 0.3) is 0 Å². The number of rotatable bonds is 6. The zero-order valence-corrected chi connectivity index (χ0v) is 11.6. The van der Waals surface area contributed by atoms with Crippen LogP contribution in [0.4, 0.5) is 0 Å². The Labute approximate surface area is 112 Å². The Kier molecular flexibility index (Phi) is 4.67. The molecule has 0 aromatic heterocycles. The number of hydrogen-bond donors (Lipinski definition) is 3. The molecule has 0 radical (unpaired) electrons. The smallest absolute Gasteiger partial charge is 0.336 e. The third kappa shape index (κ3) is 4.62. The fraction of sp³-hybridized carbons (Fsp3) is 0.417. The maximum Gasteiger partial charge on any atom is 0.336 e. The first-order valence-electron chi connectivity index (χ1n) is 5.58. The molecule has 1 aromatic rings. The van der Waals surface area contributed by atoms with E-state index in [9.17, 15) is 18.3 Å². The molecule has 0 aliphatic rings. The van der Waals surface area contributed by atoms with Crippen LogP contribution in [0, 0.1) is 0 Å². The van der Waals surface area contributed by atoms with E-state index in [1.165, 1.54) is 19.1 Å². The van der Waals surface area contributed by atoms with Crippen molar-refractivity contribution in [2.45, 2.75) is 24.0 Å². The molecule has 0 bridgehead atoms. The summed E-state index contributed by atoms with van der Waals surface area (Å²) < 4.78 is 22.5. The van der Waals surface area contributed by atoms with E-state index in [0.717, 1.165) is 11.8 Å². The molecule has 0 aliphatic carbocycles. The Morgan fingerprint density at radius 2 is 1.84 bits per heavy atom. The van der Waals surface area contributed by atoms with E-state index in [1.807, 2.05) is 0 Å². The minimum Gasteiger partial charge on any atom is -0.479 e. The lowest BCUT2D eigenvalue weighted by Gasteiger charge is -2.18. The highest BCUT2D eigenvalue weighted by Gasteiger charge is 2.28. The molecule has 106 valence electrons. The molecule has 0 aliphatic heterocycles. The fourth-order valence-corrected chi connectivity index (χ4v) is 2.01. The highest BCUT2D eigenvalue weighted by Crippen LogP contribution is 2.10. The number of hydrogen-bond acceptors (Lipinski definition) is 5. The van der Waals surface area contributed by atoms with Gasteiger partial charge in [0.1, 0.15) is 0 Å². The minimum atomic E-state index is -3.21. The van der Waals surface area contributed by atoms with E-state index in [0.29, 0.717) is 6.54 Å². The number of carboxylic acid groups (broad SMARTS) is 1. The summed E-state index contributed by atoms with van der Waals surface area (Å²) in [6, 6.07) is 6.25. The minimum absolute atomic E-state index is 0.101. The van der Waals surface area contributed by atoms with Gasteiger partial charge in [-0.1, -0.05) is 12.1 Å². The first kappa shape index (κ1) is 15.6. The average molecular weight is 287 g/mol. The zero-order chi connectivity index (χ0) is 14.7. The first-order valence-corrected chi connectivity index (χ1v) is 7.47. The molecule has 1 atom stereocenters. The quantitative estimate of drug-likeness (QED) is 0.681. The monoisotopic (exact) mass is 287 g/mol. The van der Waals surface area contributed by atoms with Gasteiger partial charge in [-0.3, -0.25) is 0 Å². The summed E-state index contributed by atoms with van der Waals surface area (Å²) in [7, 11) is -3.21. The molecule has 1 unspecified atom stereocenters. The Morgan fingerprint density at radius 3 is 2.26 bits per heavy atom. The van der Waals surface area contributed by atoms with Crippen molar-refractivity contribution in [2.75, 3.05) is 12.8 Å². The van der Waals surface area contributed by atoms with E-state index in [2.05, 4.69) is 5.32 Å². The van der Waals surface area contributed by atoms with Crippen LogP contribution in [0.1, 0.15) is 12.5 Å². The van der Waals surface area contributed by atoms with Gasteiger partial charge in [-0.05, 0) is 24.6 Å². The summed E-state index contributed by atoms with van der Waals surface area (Å²) in [4.78, 5) is 10.9. The van der Waals surface area contributed by atoms with E-state index in [-0.39, 0.29) is 11.4 Å². The van der Waals surface area contributed by atoms with Crippen LogP contribution >= 0.6 is 0 Å². The number of sulfone groups is 1. The van der Waals surface area contributed by atoms with Crippen molar-refractivity contribution in [3.8, 4) is 0 Å².